The molecule has 5 rings (SSSR count). The van der Waals surface area contributed by atoms with Gasteiger partial charge in [-0.2, -0.15) is 5.10 Å². The maximum Gasteiger partial charge on any atom is 0.338 e. The third-order valence-electron chi connectivity index (χ3n) is 6.81. The molecule has 0 spiro atoms. The van der Waals surface area contributed by atoms with Crippen molar-refractivity contribution in [2.45, 2.75) is 26.1 Å². The van der Waals surface area contributed by atoms with Crippen molar-refractivity contribution in [3.63, 3.8) is 0 Å². The fourth-order valence-electron chi connectivity index (χ4n) is 4.70. The predicted molar refractivity (Wildman–Crippen MR) is 126 cm³/mol. The number of hydrogen-bond acceptors (Lipinski definition) is 8. The minimum atomic E-state index is -0.258. The van der Waals surface area contributed by atoms with Crippen LogP contribution >= 0.6 is 0 Å². The number of carbonyl (C=O) groups excluding carboxylic acids is 2. The van der Waals surface area contributed by atoms with E-state index in [9.17, 15) is 9.59 Å². The molecule has 10 heteroatoms. The van der Waals surface area contributed by atoms with Gasteiger partial charge in [0.2, 0.25) is 5.91 Å². The van der Waals surface area contributed by atoms with Crippen LogP contribution in [0.3, 0.4) is 0 Å². The van der Waals surface area contributed by atoms with E-state index >= 15 is 0 Å². The summed E-state index contributed by atoms with van der Waals surface area (Å²) >= 11 is 0. The molecule has 0 N–H and O–H groups in total. The van der Waals surface area contributed by atoms with E-state index in [4.69, 9.17) is 9.47 Å². The fraction of sp³-hybridized carbons (Fsp3) is 0.400. The summed E-state index contributed by atoms with van der Waals surface area (Å²) in [5.74, 6) is 0.506. The second-order valence-corrected chi connectivity index (χ2v) is 8.83. The van der Waals surface area contributed by atoms with Crippen LogP contribution in [-0.4, -0.2) is 81.3 Å². The highest BCUT2D eigenvalue weighted by molar-refractivity contribution is 5.94. The number of methoxy groups -OCH3 is 1. The average Bonchev–Trinajstić information content (AvgIpc) is 3.55. The summed E-state index contributed by atoms with van der Waals surface area (Å²) in [5.41, 5.74) is 4.60. The number of amides is 1. The molecule has 0 saturated carbocycles. The molecule has 2 aliphatic rings. The van der Waals surface area contributed by atoms with E-state index in [0.717, 1.165) is 41.9 Å². The molecule has 182 valence electrons. The lowest BCUT2D eigenvalue weighted by atomic mass is 9.95. The second-order valence-electron chi connectivity index (χ2n) is 8.83. The smallest absolute Gasteiger partial charge is 0.338 e. The van der Waals surface area contributed by atoms with Crippen molar-refractivity contribution in [1.29, 1.82) is 0 Å². The normalized spacial score (nSPS) is 16.7. The third kappa shape index (κ3) is 4.80. The lowest BCUT2D eigenvalue weighted by Gasteiger charge is -2.36. The first-order valence-corrected chi connectivity index (χ1v) is 11.7. The van der Waals surface area contributed by atoms with Crippen molar-refractivity contribution in [2.24, 2.45) is 0 Å². The molecule has 0 radical (unpaired) electrons. The van der Waals surface area contributed by atoms with Crippen molar-refractivity contribution in [3.05, 3.63) is 70.9 Å². The minimum absolute atomic E-state index is 0.0994. The van der Waals surface area contributed by atoms with Gasteiger partial charge in [0.25, 0.3) is 0 Å². The molecule has 1 saturated heterocycles. The maximum atomic E-state index is 12.9. The molecule has 1 amide bonds. The molecule has 0 aliphatic carbocycles. The Morgan fingerprint density at radius 2 is 2.00 bits per heavy atom. The Hall–Kier alpha value is -3.63. The molecule has 4 heterocycles. The molecule has 3 aromatic rings. The summed E-state index contributed by atoms with van der Waals surface area (Å²) in [6.07, 6.45) is 4.96. The Morgan fingerprint density at radius 1 is 1.17 bits per heavy atom. The Balaban J connectivity index is 1.15. The van der Waals surface area contributed by atoms with E-state index in [1.807, 2.05) is 36.1 Å². The number of carbonyl (C=O) groups is 2. The molecule has 1 atom stereocenters. The first kappa shape index (κ1) is 23.1. The van der Waals surface area contributed by atoms with E-state index in [0.29, 0.717) is 37.5 Å². The van der Waals surface area contributed by atoms with Gasteiger partial charge in [-0.1, -0.05) is 12.1 Å². The van der Waals surface area contributed by atoms with Gasteiger partial charge in [0, 0.05) is 51.6 Å². The van der Waals surface area contributed by atoms with Crippen molar-refractivity contribution in [1.82, 2.24) is 29.5 Å². The maximum absolute atomic E-state index is 12.9. The van der Waals surface area contributed by atoms with Crippen LogP contribution in [0.15, 0.2) is 43.1 Å². The van der Waals surface area contributed by atoms with E-state index in [-0.39, 0.29) is 18.0 Å². The van der Waals surface area contributed by atoms with Crippen LogP contribution in [0.25, 0.3) is 5.82 Å². The van der Waals surface area contributed by atoms with Gasteiger partial charge in [-0.15, -0.1) is 0 Å². The summed E-state index contributed by atoms with van der Waals surface area (Å²) in [5, 5.41) is 4.06. The summed E-state index contributed by atoms with van der Waals surface area (Å²) in [6, 6.07) is 7.54. The summed E-state index contributed by atoms with van der Waals surface area (Å²) < 4.78 is 12.6. The van der Waals surface area contributed by atoms with E-state index in [1.54, 1.807) is 24.3 Å². The summed E-state index contributed by atoms with van der Waals surface area (Å²) in [4.78, 5) is 37.2. The van der Waals surface area contributed by atoms with E-state index in [1.165, 1.54) is 6.33 Å². The largest absolute Gasteiger partial charge is 0.457 e. The molecule has 1 unspecified atom stereocenters. The number of esters is 1. The molecule has 2 aromatic heterocycles. The van der Waals surface area contributed by atoms with Crippen LogP contribution in [-0.2, 0) is 27.3 Å². The molecule has 0 bridgehead atoms. The lowest BCUT2D eigenvalue weighted by Crippen LogP contribution is -2.50. The van der Waals surface area contributed by atoms with Crippen LogP contribution in [0.5, 0.6) is 0 Å². The van der Waals surface area contributed by atoms with Gasteiger partial charge < -0.3 is 14.4 Å². The van der Waals surface area contributed by atoms with Gasteiger partial charge in [-0.25, -0.2) is 19.4 Å². The first-order valence-electron chi connectivity index (χ1n) is 11.7. The van der Waals surface area contributed by atoms with Crippen LogP contribution in [0, 0.1) is 6.92 Å². The van der Waals surface area contributed by atoms with E-state index < -0.39 is 0 Å². The molecule has 1 fully saturated rings. The van der Waals surface area contributed by atoms with E-state index in [2.05, 4.69) is 20.0 Å². The van der Waals surface area contributed by atoms with Gasteiger partial charge in [-0.3, -0.25) is 9.69 Å². The highest BCUT2D eigenvalue weighted by atomic mass is 16.5. The Labute approximate surface area is 203 Å². The summed E-state index contributed by atoms with van der Waals surface area (Å²) in [6.45, 7) is 5.97. The van der Waals surface area contributed by atoms with Crippen LogP contribution in [0.4, 0.5) is 0 Å². The number of piperazine rings is 1. The summed E-state index contributed by atoms with van der Waals surface area (Å²) in [7, 11) is 1.71. The van der Waals surface area contributed by atoms with Gasteiger partial charge in [0.05, 0.1) is 18.1 Å². The SMILES string of the molecule is COC(CN1CCN(C(=O)Cc2ccc(-n3cncn3)nc2)CC1)c1ccc2c(c1C)COC2=O. The topological polar surface area (TPSA) is 103 Å². The zero-order chi connectivity index (χ0) is 24.4. The Bertz CT molecular complexity index is 1200. The first-order chi connectivity index (χ1) is 17.0. The number of cyclic esters (lactones) is 1. The number of pyridine rings is 1. The highest BCUT2D eigenvalue weighted by Gasteiger charge is 2.28. The number of benzene rings is 1. The zero-order valence-electron chi connectivity index (χ0n) is 19.9. The van der Waals surface area contributed by atoms with Crippen LogP contribution < -0.4 is 0 Å². The Kier molecular flexibility index (Phi) is 6.56. The quantitative estimate of drug-likeness (QED) is 0.475. The molecule has 1 aromatic carbocycles. The molecular formula is C25H28N6O4. The van der Waals surface area contributed by atoms with Gasteiger partial charge in [0.15, 0.2) is 5.82 Å². The van der Waals surface area contributed by atoms with Crippen molar-refractivity contribution in [2.75, 3.05) is 39.8 Å². The standard InChI is InChI=1S/C25H28N6O4/c1-17-19(4-5-20-21(17)14-35-25(20)33)22(34-2)13-29-7-9-30(10-8-29)24(32)11-18-3-6-23(27-12-18)31-16-26-15-28-31/h3-6,12,15-16,22H,7-11,13-14H2,1-2H3. The minimum Gasteiger partial charge on any atom is -0.457 e. The van der Waals surface area contributed by atoms with Crippen molar-refractivity contribution >= 4 is 11.9 Å². The molecule has 2 aliphatic heterocycles. The predicted octanol–water partition coefficient (Wildman–Crippen LogP) is 1.72. The lowest BCUT2D eigenvalue weighted by molar-refractivity contribution is -0.132. The van der Waals surface area contributed by atoms with Crippen LogP contribution in [0.1, 0.15) is 38.7 Å². The third-order valence-corrected chi connectivity index (χ3v) is 6.81. The number of hydrogen-bond donors (Lipinski definition) is 0. The molecule has 35 heavy (non-hydrogen) atoms. The second kappa shape index (κ2) is 9.93. The van der Waals surface area contributed by atoms with Gasteiger partial charge in [-0.05, 0) is 35.7 Å². The number of fused-ring (bicyclic) bond motifs is 1. The molecule has 10 nitrogen and oxygen atoms in total. The monoisotopic (exact) mass is 476 g/mol. The number of nitrogens with zero attached hydrogens (tertiary/aromatic N) is 6. The number of ether oxygens (including phenoxy) is 2. The van der Waals surface area contributed by atoms with Crippen LogP contribution in [0.2, 0.25) is 0 Å². The number of rotatable bonds is 7. The molecular weight excluding hydrogens is 448 g/mol. The fourth-order valence-corrected chi connectivity index (χ4v) is 4.70. The van der Waals surface area contributed by atoms with Gasteiger partial charge in [0.1, 0.15) is 19.3 Å². The highest BCUT2D eigenvalue weighted by Crippen LogP contribution is 2.31. The van der Waals surface area contributed by atoms with Crippen molar-refractivity contribution < 1.29 is 19.1 Å². The Morgan fingerprint density at radius 3 is 2.69 bits per heavy atom. The van der Waals surface area contributed by atoms with Gasteiger partial charge >= 0.3 is 5.97 Å². The average molecular weight is 477 g/mol. The zero-order valence-corrected chi connectivity index (χ0v) is 19.9. The van der Waals surface area contributed by atoms with Crippen molar-refractivity contribution in [3.8, 4) is 5.82 Å². The number of aromatic nitrogens is 4.